The van der Waals surface area contributed by atoms with E-state index in [2.05, 4.69) is 39.9 Å². The second-order valence-electron chi connectivity index (χ2n) is 7.43. The zero-order valence-corrected chi connectivity index (χ0v) is 17.9. The molecule has 0 saturated heterocycles. The van der Waals surface area contributed by atoms with Gasteiger partial charge in [-0.3, -0.25) is 0 Å². The molecule has 0 spiro atoms. The van der Waals surface area contributed by atoms with E-state index in [-0.39, 0.29) is 22.3 Å². The molecule has 176 valence electrons. The Balaban J connectivity index is 1.95. The van der Waals surface area contributed by atoms with Crippen molar-refractivity contribution in [2.24, 2.45) is 0 Å². The summed E-state index contributed by atoms with van der Waals surface area (Å²) in [5.41, 5.74) is -4.93. The van der Waals surface area contributed by atoms with E-state index in [1.54, 1.807) is 24.3 Å². The van der Waals surface area contributed by atoms with Crippen LogP contribution >= 0.6 is 0 Å². The SMILES string of the molecule is N#Cc1nc2nc3c4nc5nc(C#N)c(C#N)nc5nc4c4c(F)c(F)c(F)c(F)c4c3nc2nc1C#N. The van der Waals surface area contributed by atoms with Gasteiger partial charge in [-0.25, -0.2) is 57.4 Å². The second-order valence-corrected chi connectivity index (χ2v) is 7.43. The molecular weight excluding hydrogens is 508 g/mol. The van der Waals surface area contributed by atoms with Crippen molar-refractivity contribution >= 4 is 55.4 Å². The molecule has 0 unspecified atom stereocenters. The zero-order valence-electron chi connectivity index (χ0n) is 17.9. The van der Waals surface area contributed by atoms with E-state index in [9.17, 15) is 29.8 Å². The van der Waals surface area contributed by atoms with Crippen molar-refractivity contribution in [2.75, 3.05) is 0 Å². The van der Waals surface area contributed by atoms with Crippen molar-refractivity contribution in [3.05, 3.63) is 46.0 Å². The first kappa shape index (κ1) is 22.2. The van der Waals surface area contributed by atoms with Gasteiger partial charge in [-0.1, -0.05) is 0 Å². The fourth-order valence-electron chi connectivity index (χ4n) is 3.84. The molecule has 6 aromatic rings. The first-order chi connectivity index (χ1) is 18.3. The highest BCUT2D eigenvalue weighted by atomic mass is 19.2. The molecule has 0 atom stereocenters. The van der Waals surface area contributed by atoms with Crippen LogP contribution in [0.1, 0.15) is 22.8 Å². The van der Waals surface area contributed by atoms with Crippen molar-refractivity contribution in [2.45, 2.75) is 0 Å². The summed E-state index contributed by atoms with van der Waals surface area (Å²) in [5, 5.41) is 35.2. The molecule has 16 heteroatoms. The average Bonchev–Trinajstić information content (AvgIpc) is 2.94. The number of benzene rings is 2. The van der Waals surface area contributed by atoms with E-state index in [1.807, 2.05) is 0 Å². The third-order valence-corrected chi connectivity index (χ3v) is 5.43. The highest BCUT2D eigenvalue weighted by Crippen LogP contribution is 2.37. The number of nitriles is 4. The number of rotatable bonds is 0. The van der Waals surface area contributed by atoms with Gasteiger partial charge in [0.2, 0.25) is 0 Å². The first-order valence-electron chi connectivity index (χ1n) is 9.98. The maximum Gasteiger partial charge on any atom is 0.199 e. The number of halogens is 4. The monoisotopic (exact) mass is 508 g/mol. The molecule has 0 aliphatic heterocycles. The maximum atomic E-state index is 15.2. The Labute approximate surface area is 204 Å². The van der Waals surface area contributed by atoms with Crippen LogP contribution in [0.15, 0.2) is 0 Å². The summed E-state index contributed by atoms with van der Waals surface area (Å²) in [6, 6.07) is 6.60. The van der Waals surface area contributed by atoms with E-state index in [0.717, 1.165) is 0 Å². The molecule has 12 nitrogen and oxygen atoms in total. The number of hydrogen-bond acceptors (Lipinski definition) is 12. The van der Waals surface area contributed by atoms with E-state index in [4.69, 9.17) is 0 Å². The van der Waals surface area contributed by atoms with Crippen LogP contribution < -0.4 is 0 Å². The summed E-state index contributed by atoms with van der Waals surface area (Å²) in [7, 11) is 0. The van der Waals surface area contributed by atoms with Gasteiger partial charge in [0, 0.05) is 0 Å². The van der Waals surface area contributed by atoms with Crippen molar-refractivity contribution in [1.29, 1.82) is 21.0 Å². The van der Waals surface area contributed by atoms with Crippen molar-refractivity contribution < 1.29 is 17.6 Å². The van der Waals surface area contributed by atoms with E-state index < -0.39 is 79.1 Å². The van der Waals surface area contributed by atoms with Gasteiger partial charge in [-0.15, -0.1) is 0 Å². The predicted molar refractivity (Wildman–Crippen MR) is 115 cm³/mol. The molecule has 38 heavy (non-hydrogen) atoms. The van der Waals surface area contributed by atoms with Crippen LogP contribution in [0, 0.1) is 68.6 Å². The third kappa shape index (κ3) is 2.80. The molecule has 4 heterocycles. The van der Waals surface area contributed by atoms with Crippen molar-refractivity contribution in [3.63, 3.8) is 0 Å². The second kappa shape index (κ2) is 7.62. The molecule has 2 aromatic carbocycles. The van der Waals surface area contributed by atoms with Gasteiger partial charge in [-0.05, 0) is 0 Å². The van der Waals surface area contributed by atoms with Gasteiger partial charge < -0.3 is 0 Å². The van der Waals surface area contributed by atoms with E-state index >= 15 is 8.78 Å². The Morgan fingerprint density at radius 2 is 0.632 bits per heavy atom. The van der Waals surface area contributed by atoms with Gasteiger partial charge in [-0.2, -0.15) is 21.0 Å². The molecule has 4 aromatic heterocycles. The Hall–Kier alpha value is -6.26. The lowest BCUT2D eigenvalue weighted by Crippen LogP contribution is -2.06. The van der Waals surface area contributed by atoms with Crippen LogP contribution in [-0.2, 0) is 0 Å². The van der Waals surface area contributed by atoms with Crippen LogP contribution in [0.25, 0.3) is 55.4 Å². The predicted octanol–water partition coefficient (Wildman–Crippen LogP) is 2.66. The Morgan fingerprint density at radius 1 is 0.368 bits per heavy atom. The standard InChI is InChI=1S/C22F4N12/c23-11-9-10(12(24)14(26)13(11)25)16-18(38-22-20(36-16)32-6(2-28)8(4-30)34-22)17-15(9)35-19-21(37-17)33-7(3-29)5(1-27)31-19. The Kier molecular flexibility index (Phi) is 4.45. The molecule has 0 fully saturated rings. The van der Waals surface area contributed by atoms with Crippen LogP contribution in [0.2, 0.25) is 0 Å². The Bertz CT molecular complexity index is 2130. The zero-order chi connectivity index (χ0) is 26.9. The topological polar surface area (TPSA) is 198 Å². The summed E-state index contributed by atoms with van der Waals surface area (Å²) in [6.45, 7) is 0. The maximum absolute atomic E-state index is 15.2. The fraction of sp³-hybridized carbons (Fsp3) is 0. The third-order valence-electron chi connectivity index (χ3n) is 5.43. The fourth-order valence-corrected chi connectivity index (χ4v) is 3.84. The lowest BCUT2D eigenvalue weighted by atomic mass is 10.0. The molecule has 0 saturated carbocycles. The van der Waals surface area contributed by atoms with E-state index in [1.165, 1.54) is 0 Å². The van der Waals surface area contributed by atoms with Crippen LogP contribution in [0.5, 0.6) is 0 Å². The smallest absolute Gasteiger partial charge is 0.199 e. The highest BCUT2D eigenvalue weighted by molar-refractivity contribution is 6.22. The molecular formula is C22F4N12. The highest BCUT2D eigenvalue weighted by Gasteiger charge is 2.28. The van der Waals surface area contributed by atoms with Gasteiger partial charge >= 0.3 is 0 Å². The van der Waals surface area contributed by atoms with Crippen molar-refractivity contribution in [1.82, 2.24) is 39.9 Å². The molecule has 0 radical (unpaired) electrons. The van der Waals surface area contributed by atoms with Gasteiger partial charge in [0.25, 0.3) is 0 Å². The molecule has 6 rings (SSSR count). The quantitative estimate of drug-likeness (QED) is 0.0957. The minimum atomic E-state index is -2.14. The van der Waals surface area contributed by atoms with Crippen molar-refractivity contribution in [3.8, 4) is 24.3 Å². The number of fused-ring (bicyclic) bond motifs is 8. The largest absolute Gasteiger partial charge is 0.223 e. The minimum absolute atomic E-state index is 0.317. The number of hydrogen-bond donors (Lipinski definition) is 0. The normalized spacial score (nSPS) is 11.1. The summed E-state index contributed by atoms with van der Waals surface area (Å²) in [6.07, 6.45) is 0. The molecule has 0 N–H and O–H groups in total. The van der Waals surface area contributed by atoms with Gasteiger partial charge in [0.05, 0.1) is 10.8 Å². The molecule has 0 bridgehead atoms. The summed E-state index contributed by atoms with van der Waals surface area (Å²) in [5.74, 6) is -7.93. The van der Waals surface area contributed by atoms with Crippen LogP contribution in [-0.4, -0.2) is 39.9 Å². The van der Waals surface area contributed by atoms with Gasteiger partial charge in [0.1, 0.15) is 46.3 Å². The lowest BCUT2D eigenvalue weighted by molar-refractivity contribution is 0.418. The molecule has 0 aliphatic carbocycles. The van der Waals surface area contributed by atoms with E-state index in [0.29, 0.717) is 0 Å². The van der Waals surface area contributed by atoms with Crippen LogP contribution in [0.4, 0.5) is 17.6 Å². The summed E-state index contributed by atoms with van der Waals surface area (Å²) < 4.78 is 59.0. The Morgan fingerprint density at radius 3 is 0.895 bits per heavy atom. The average molecular weight is 508 g/mol. The van der Waals surface area contributed by atoms with Gasteiger partial charge in [0.15, 0.2) is 68.6 Å². The number of aromatic nitrogens is 8. The van der Waals surface area contributed by atoms with Crippen LogP contribution in [0.3, 0.4) is 0 Å². The molecule has 0 aliphatic rings. The minimum Gasteiger partial charge on any atom is -0.223 e. The first-order valence-corrected chi connectivity index (χ1v) is 9.98. The lowest BCUT2D eigenvalue weighted by Gasteiger charge is -2.12. The summed E-state index contributed by atoms with van der Waals surface area (Å²) in [4.78, 5) is 32.0. The number of nitrogens with zero attached hydrogens (tertiary/aromatic N) is 12. The summed E-state index contributed by atoms with van der Waals surface area (Å²) >= 11 is 0. The molecule has 0 amide bonds.